The second-order valence-corrected chi connectivity index (χ2v) is 7.38. The SMILES string of the molecule is Cl.O=C(NCc1ccc2c(c1)CNC2)C1CC1c1ccc(Cl)cc1Cl. The van der Waals surface area contributed by atoms with Gasteiger partial charge >= 0.3 is 0 Å². The third kappa shape index (κ3) is 3.95. The summed E-state index contributed by atoms with van der Waals surface area (Å²) in [5.41, 5.74) is 4.85. The van der Waals surface area contributed by atoms with Crippen LogP contribution in [0, 0.1) is 5.92 Å². The number of hydrogen-bond donors (Lipinski definition) is 2. The van der Waals surface area contributed by atoms with E-state index in [2.05, 4.69) is 28.8 Å². The minimum atomic E-state index is 0. The van der Waals surface area contributed by atoms with E-state index in [0.717, 1.165) is 30.6 Å². The zero-order valence-corrected chi connectivity index (χ0v) is 15.8. The molecule has 2 aliphatic rings. The van der Waals surface area contributed by atoms with Crippen LogP contribution in [0.2, 0.25) is 10.0 Å². The summed E-state index contributed by atoms with van der Waals surface area (Å²) in [6, 6.07) is 11.9. The first-order valence-corrected chi connectivity index (χ1v) is 8.91. The van der Waals surface area contributed by atoms with Gasteiger partial charge in [0.25, 0.3) is 0 Å². The molecule has 1 saturated carbocycles. The molecule has 0 bridgehead atoms. The fraction of sp³-hybridized carbons (Fsp3) is 0.316. The summed E-state index contributed by atoms with van der Waals surface area (Å²) in [6.45, 7) is 2.42. The standard InChI is InChI=1S/C19H18Cl2N2O.ClH/c20-14-3-4-15(18(21)6-14)16-7-17(16)19(24)23-8-11-1-2-12-9-22-10-13(12)5-11;/h1-6,16-17,22H,7-10H2,(H,23,24);1H. The summed E-state index contributed by atoms with van der Waals surface area (Å²) in [6.07, 6.45) is 0.849. The van der Waals surface area contributed by atoms with Crippen molar-refractivity contribution in [3.63, 3.8) is 0 Å². The fourth-order valence-electron chi connectivity index (χ4n) is 3.41. The third-order valence-corrected chi connectivity index (χ3v) is 5.42. The molecule has 0 spiro atoms. The molecule has 0 radical (unpaired) electrons. The van der Waals surface area contributed by atoms with E-state index in [1.54, 1.807) is 6.07 Å². The van der Waals surface area contributed by atoms with E-state index >= 15 is 0 Å². The third-order valence-electron chi connectivity index (χ3n) is 4.86. The highest BCUT2D eigenvalue weighted by molar-refractivity contribution is 6.35. The van der Waals surface area contributed by atoms with E-state index in [4.69, 9.17) is 23.2 Å². The van der Waals surface area contributed by atoms with Gasteiger partial charge in [-0.25, -0.2) is 0 Å². The Balaban J connectivity index is 0.00000182. The van der Waals surface area contributed by atoms with Gasteiger partial charge < -0.3 is 10.6 Å². The van der Waals surface area contributed by atoms with Crippen LogP contribution in [0.3, 0.4) is 0 Å². The fourth-order valence-corrected chi connectivity index (χ4v) is 3.96. The van der Waals surface area contributed by atoms with Gasteiger partial charge in [-0.15, -0.1) is 12.4 Å². The first kappa shape index (κ1) is 18.5. The Labute approximate surface area is 163 Å². The van der Waals surface area contributed by atoms with Gasteiger partial charge in [0.1, 0.15) is 0 Å². The van der Waals surface area contributed by atoms with Gasteiger partial charge in [0.05, 0.1) is 0 Å². The lowest BCUT2D eigenvalue weighted by Crippen LogP contribution is -2.25. The highest BCUT2D eigenvalue weighted by Crippen LogP contribution is 2.50. The van der Waals surface area contributed by atoms with Crippen LogP contribution in [-0.2, 0) is 24.4 Å². The lowest BCUT2D eigenvalue weighted by molar-refractivity contribution is -0.122. The quantitative estimate of drug-likeness (QED) is 0.801. The van der Waals surface area contributed by atoms with Crippen LogP contribution in [0.4, 0.5) is 0 Å². The molecule has 3 nitrogen and oxygen atoms in total. The highest BCUT2D eigenvalue weighted by atomic mass is 35.5. The Morgan fingerprint density at radius 2 is 1.92 bits per heavy atom. The molecule has 2 N–H and O–H groups in total. The lowest BCUT2D eigenvalue weighted by Gasteiger charge is -2.08. The van der Waals surface area contributed by atoms with Crippen molar-refractivity contribution in [2.24, 2.45) is 5.92 Å². The topological polar surface area (TPSA) is 41.1 Å². The molecule has 2 aromatic carbocycles. The second-order valence-electron chi connectivity index (χ2n) is 6.54. The maximum absolute atomic E-state index is 12.4. The molecular formula is C19H19Cl3N2O. The summed E-state index contributed by atoms with van der Waals surface area (Å²) in [5, 5.41) is 7.66. The van der Waals surface area contributed by atoms with E-state index < -0.39 is 0 Å². The monoisotopic (exact) mass is 396 g/mol. The Bertz CT molecular complexity index is 809. The van der Waals surface area contributed by atoms with Crippen molar-refractivity contribution in [1.82, 2.24) is 10.6 Å². The van der Waals surface area contributed by atoms with Gasteiger partial charge in [-0.05, 0) is 46.7 Å². The molecule has 1 amide bonds. The van der Waals surface area contributed by atoms with E-state index in [1.165, 1.54) is 11.1 Å². The number of benzene rings is 2. The van der Waals surface area contributed by atoms with Gasteiger partial charge in [-0.1, -0.05) is 47.5 Å². The van der Waals surface area contributed by atoms with E-state index in [9.17, 15) is 4.79 Å². The van der Waals surface area contributed by atoms with Crippen LogP contribution in [0.5, 0.6) is 0 Å². The lowest BCUT2D eigenvalue weighted by atomic mass is 10.1. The predicted molar refractivity (Wildman–Crippen MR) is 103 cm³/mol. The zero-order valence-electron chi connectivity index (χ0n) is 13.5. The van der Waals surface area contributed by atoms with Crippen molar-refractivity contribution in [3.05, 3.63) is 68.7 Å². The van der Waals surface area contributed by atoms with Crippen LogP contribution in [0.25, 0.3) is 0 Å². The van der Waals surface area contributed by atoms with Crippen molar-refractivity contribution >= 4 is 41.5 Å². The van der Waals surface area contributed by atoms with Gasteiger partial charge in [0.15, 0.2) is 0 Å². The first-order valence-electron chi connectivity index (χ1n) is 8.16. The van der Waals surface area contributed by atoms with Crippen LogP contribution in [-0.4, -0.2) is 5.91 Å². The molecule has 0 aromatic heterocycles. The number of fused-ring (bicyclic) bond motifs is 1. The van der Waals surface area contributed by atoms with Gasteiger partial charge in [0, 0.05) is 35.6 Å². The summed E-state index contributed by atoms with van der Waals surface area (Å²) < 4.78 is 0. The Kier molecular flexibility index (Phi) is 5.59. The van der Waals surface area contributed by atoms with Crippen LogP contribution >= 0.6 is 35.6 Å². The summed E-state index contributed by atoms with van der Waals surface area (Å²) in [5.74, 6) is 0.323. The van der Waals surface area contributed by atoms with Crippen LogP contribution < -0.4 is 10.6 Å². The van der Waals surface area contributed by atoms with Crippen molar-refractivity contribution in [2.45, 2.75) is 32.0 Å². The molecule has 25 heavy (non-hydrogen) atoms. The van der Waals surface area contributed by atoms with Gasteiger partial charge in [-0.2, -0.15) is 0 Å². The van der Waals surface area contributed by atoms with E-state index in [-0.39, 0.29) is 30.2 Å². The normalized spacial score (nSPS) is 20.6. The number of nitrogens with one attached hydrogen (secondary N) is 2. The molecule has 2 unspecified atom stereocenters. The number of carbonyl (C=O) groups is 1. The van der Waals surface area contributed by atoms with Crippen molar-refractivity contribution in [2.75, 3.05) is 0 Å². The number of halogens is 3. The highest BCUT2D eigenvalue weighted by Gasteiger charge is 2.44. The number of hydrogen-bond acceptors (Lipinski definition) is 2. The smallest absolute Gasteiger partial charge is 0.224 e. The number of carbonyl (C=O) groups excluding carboxylic acids is 1. The maximum atomic E-state index is 12.4. The molecule has 6 heteroatoms. The van der Waals surface area contributed by atoms with Crippen LogP contribution in [0.1, 0.15) is 34.6 Å². The average Bonchev–Trinajstić information content (AvgIpc) is 3.21. The summed E-state index contributed by atoms with van der Waals surface area (Å²) in [7, 11) is 0. The largest absolute Gasteiger partial charge is 0.352 e. The molecule has 2 atom stereocenters. The average molecular weight is 398 g/mol. The minimum absolute atomic E-state index is 0. The first-order chi connectivity index (χ1) is 11.6. The Morgan fingerprint density at radius 1 is 1.12 bits per heavy atom. The Hall–Kier alpha value is -1.26. The van der Waals surface area contributed by atoms with E-state index in [0.29, 0.717) is 16.6 Å². The Morgan fingerprint density at radius 3 is 2.72 bits per heavy atom. The van der Waals surface area contributed by atoms with Crippen molar-refractivity contribution < 1.29 is 4.79 Å². The van der Waals surface area contributed by atoms with Crippen molar-refractivity contribution in [1.29, 1.82) is 0 Å². The molecule has 1 aliphatic carbocycles. The second kappa shape index (κ2) is 7.55. The predicted octanol–water partition coefficient (Wildman–Crippen LogP) is 4.44. The number of rotatable bonds is 4. The molecule has 132 valence electrons. The molecule has 0 saturated heterocycles. The zero-order chi connectivity index (χ0) is 16.7. The van der Waals surface area contributed by atoms with Gasteiger partial charge in [-0.3, -0.25) is 4.79 Å². The van der Waals surface area contributed by atoms with Gasteiger partial charge in [0.2, 0.25) is 5.91 Å². The van der Waals surface area contributed by atoms with E-state index in [1.807, 2.05) is 12.1 Å². The molecule has 1 fully saturated rings. The summed E-state index contributed by atoms with van der Waals surface area (Å²) in [4.78, 5) is 12.4. The minimum Gasteiger partial charge on any atom is -0.352 e. The number of amides is 1. The van der Waals surface area contributed by atoms with Crippen LogP contribution in [0.15, 0.2) is 36.4 Å². The molecule has 2 aromatic rings. The van der Waals surface area contributed by atoms with Crippen molar-refractivity contribution in [3.8, 4) is 0 Å². The molecular weight excluding hydrogens is 379 g/mol. The molecule has 1 heterocycles. The maximum Gasteiger partial charge on any atom is 0.224 e. The molecule has 4 rings (SSSR count). The summed E-state index contributed by atoms with van der Waals surface area (Å²) >= 11 is 12.2. The molecule has 1 aliphatic heterocycles.